The second-order valence-electron chi connectivity index (χ2n) is 4.98. The first-order valence-corrected chi connectivity index (χ1v) is 7.54. The number of halogens is 2. The molecule has 0 aliphatic heterocycles. The predicted octanol–water partition coefficient (Wildman–Crippen LogP) is 2.80. The van der Waals surface area contributed by atoms with Crippen molar-refractivity contribution in [2.45, 2.75) is 31.7 Å². The van der Waals surface area contributed by atoms with Crippen molar-refractivity contribution in [2.24, 2.45) is 5.92 Å². The molecule has 1 aromatic rings. The summed E-state index contributed by atoms with van der Waals surface area (Å²) in [5.41, 5.74) is 0.451. The minimum Gasteiger partial charge on any atom is -0.481 e. The molecule has 1 amide bonds. The van der Waals surface area contributed by atoms with Crippen molar-refractivity contribution in [2.75, 3.05) is 0 Å². The molecule has 6 heteroatoms. The fourth-order valence-electron chi connectivity index (χ4n) is 2.42. The molecular weight excluding hydrogens is 376 g/mol. The first kappa shape index (κ1) is 15.2. The van der Waals surface area contributed by atoms with Crippen LogP contribution in [0, 0.1) is 15.3 Å². The quantitative estimate of drug-likeness (QED) is 0.779. The Labute approximate surface area is 129 Å². The summed E-state index contributed by atoms with van der Waals surface area (Å²) in [6.07, 6.45) is 2.50. The predicted molar refractivity (Wildman–Crippen MR) is 80.0 cm³/mol. The zero-order chi connectivity index (χ0) is 14.7. The Hall–Kier alpha value is -1.18. The maximum Gasteiger partial charge on any atom is 0.306 e. The van der Waals surface area contributed by atoms with Crippen molar-refractivity contribution in [3.05, 3.63) is 33.1 Å². The van der Waals surface area contributed by atoms with Gasteiger partial charge in [-0.25, -0.2) is 4.39 Å². The molecule has 2 rings (SSSR count). The summed E-state index contributed by atoms with van der Waals surface area (Å²) in [5, 5.41) is 11.8. The van der Waals surface area contributed by atoms with E-state index in [4.69, 9.17) is 5.11 Å². The molecule has 1 aromatic carbocycles. The van der Waals surface area contributed by atoms with Crippen LogP contribution in [0.2, 0.25) is 0 Å². The zero-order valence-electron chi connectivity index (χ0n) is 10.7. The number of carboxylic acid groups (broad SMARTS) is 1. The molecule has 1 aliphatic carbocycles. The summed E-state index contributed by atoms with van der Waals surface area (Å²) in [6, 6.07) is 4.05. The van der Waals surface area contributed by atoms with E-state index in [1.807, 2.05) is 22.6 Å². The minimum atomic E-state index is -0.761. The Kier molecular flexibility index (Phi) is 4.95. The van der Waals surface area contributed by atoms with E-state index in [9.17, 15) is 14.0 Å². The van der Waals surface area contributed by atoms with Gasteiger partial charge < -0.3 is 10.4 Å². The molecule has 0 unspecified atom stereocenters. The van der Waals surface area contributed by atoms with Crippen LogP contribution < -0.4 is 5.32 Å². The van der Waals surface area contributed by atoms with Crippen molar-refractivity contribution in [3.63, 3.8) is 0 Å². The molecule has 0 aromatic heterocycles. The first-order chi connectivity index (χ1) is 9.47. The summed E-state index contributed by atoms with van der Waals surface area (Å²) >= 11 is 1.93. The Bertz CT molecular complexity index is 527. The van der Waals surface area contributed by atoms with Gasteiger partial charge in [0.15, 0.2) is 0 Å². The fourth-order valence-corrected chi connectivity index (χ4v) is 3.14. The van der Waals surface area contributed by atoms with E-state index < -0.39 is 5.97 Å². The molecule has 20 heavy (non-hydrogen) atoms. The van der Waals surface area contributed by atoms with Crippen molar-refractivity contribution in [1.82, 2.24) is 5.32 Å². The minimum absolute atomic E-state index is 0.000969. The standard InChI is InChI=1S/C14H15FINO3/c15-9-3-6-11(12(16)7-9)13(18)17-10-4-1-8(2-5-10)14(19)20/h3,6-8,10H,1-2,4-5H2,(H,17,18)(H,19,20). The number of carbonyl (C=O) groups excluding carboxylic acids is 1. The van der Waals surface area contributed by atoms with Crippen LogP contribution in [0.5, 0.6) is 0 Å². The van der Waals surface area contributed by atoms with Crippen LogP contribution in [0.3, 0.4) is 0 Å². The highest BCUT2D eigenvalue weighted by Crippen LogP contribution is 2.25. The average molecular weight is 391 g/mol. The van der Waals surface area contributed by atoms with Crippen LogP contribution in [-0.2, 0) is 4.79 Å². The molecule has 0 atom stereocenters. The number of hydrogen-bond acceptors (Lipinski definition) is 2. The molecule has 1 fully saturated rings. The third-order valence-electron chi connectivity index (χ3n) is 3.59. The highest BCUT2D eigenvalue weighted by Gasteiger charge is 2.27. The third kappa shape index (κ3) is 3.68. The fraction of sp³-hybridized carbons (Fsp3) is 0.429. The maximum absolute atomic E-state index is 13.0. The van der Waals surface area contributed by atoms with Gasteiger partial charge in [-0.3, -0.25) is 9.59 Å². The second kappa shape index (κ2) is 6.51. The Morgan fingerprint density at radius 1 is 1.25 bits per heavy atom. The number of aliphatic carboxylic acids is 1. The van der Waals surface area contributed by atoms with Crippen molar-refractivity contribution >= 4 is 34.5 Å². The number of carboxylic acids is 1. The van der Waals surface area contributed by atoms with Gasteiger partial charge in [0.2, 0.25) is 0 Å². The van der Waals surface area contributed by atoms with Crippen LogP contribution in [0.15, 0.2) is 18.2 Å². The average Bonchev–Trinajstić information content (AvgIpc) is 2.39. The lowest BCUT2D eigenvalue weighted by Gasteiger charge is -2.26. The lowest BCUT2D eigenvalue weighted by molar-refractivity contribution is -0.142. The lowest BCUT2D eigenvalue weighted by Crippen LogP contribution is -2.39. The largest absolute Gasteiger partial charge is 0.481 e. The molecule has 0 spiro atoms. The number of amides is 1. The molecule has 0 saturated heterocycles. The van der Waals surface area contributed by atoms with Gasteiger partial charge in [-0.1, -0.05) is 0 Å². The van der Waals surface area contributed by atoms with Crippen LogP contribution in [0.4, 0.5) is 4.39 Å². The van der Waals surface area contributed by atoms with Gasteiger partial charge in [-0.05, 0) is 66.5 Å². The monoisotopic (exact) mass is 391 g/mol. The molecule has 1 saturated carbocycles. The van der Waals surface area contributed by atoms with E-state index in [0.29, 0.717) is 34.8 Å². The van der Waals surface area contributed by atoms with Crippen LogP contribution in [0.25, 0.3) is 0 Å². The summed E-state index contributed by atoms with van der Waals surface area (Å²) in [4.78, 5) is 23.0. The Morgan fingerprint density at radius 3 is 2.45 bits per heavy atom. The van der Waals surface area contributed by atoms with E-state index in [-0.39, 0.29) is 23.7 Å². The van der Waals surface area contributed by atoms with Crippen LogP contribution in [0.1, 0.15) is 36.0 Å². The van der Waals surface area contributed by atoms with Crippen molar-refractivity contribution < 1.29 is 19.1 Å². The normalized spacial score (nSPS) is 22.3. The highest BCUT2D eigenvalue weighted by molar-refractivity contribution is 14.1. The van der Waals surface area contributed by atoms with E-state index in [2.05, 4.69) is 5.32 Å². The van der Waals surface area contributed by atoms with Crippen LogP contribution >= 0.6 is 22.6 Å². The van der Waals surface area contributed by atoms with E-state index >= 15 is 0 Å². The summed E-state index contributed by atoms with van der Waals surface area (Å²) < 4.78 is 13.6. The lowest BCUT2D eigenvalue weighted by atomic mass is 9.86. The summed E-state index contributed by atoms with van der Waals surface area (Å²) in [6.45, 7) is 0. The SMILES string of the molecule is O=C(NC1CCC(C(=O)O)CC1)c1ccc(F)cc1I. The molecule has 2 N–H and O–H groups in total. The molecule has 0 bridgehead atoms. The number of benzene rings is 1. The van der Waals surface area contributed by atoms with E-state index in [1.165, 1.54) is 18.2 Å². The molecule has 108 valence electrons. The number of hydrogen-bond donors (Lipinski definition) is 2. The zero-order valence-corrected chi connectivity index (χ0v) is 12.9. The molecule has 1 aliphatic rings. The third-order valence-corrected chi connectivity index (χ3v) is 4.48. The maximum atomic E-state index is 13.0. The van der Waals surface area contributed by atoms with Gasteiger partial charge in [-0.15, -0.1) is 0 Å². The Morgan fingerprint density at radius 2 is 1.90 bits per heavy atom. The highest BCUT2D eigenvalue weighted by atomic mass is 127. The van der Waals surface area contributed by atoms with E-state index in [1.54, 1.807) is 0 Å². The van der Waals surface area contributed by atoms with Gasteiger partial charge >= 0.3 is 5.97 Å². The summed E-state index contributed by atoms with van der Waals surface area (Å²) in [7, 11) is 0. The topological polar surface area (TPSA) is 66.4 Å². The van der Waals surface area contributed by atoms with Gasteiger partial charge in [0.05, 0.1) is 11.5 Å². The van der Waals surface area contributed by atoms with E-state index in [0.717, 1.165) is 0 Å². The summed E-state index contributed by atoms with van der Waals surface area (Å²) in [5.74, 6) is -1.65. The van der Waals surface area contributed by atoms with Gasteiger partial charge in [-0.2, -0.15) is 0 Å². The molecule has 0 radical (unpaired) electrons. The molecular formula is C14H15FINO3. The smallest absolute Gasteiger partial charge is 0.306 e. The second-order valence-corrected chi connectivity index (χ2v) is 6.15. The number of nitrogens with one attached hydrogen (secondary N) is 1. The van der Waals surface area contributed by atoms with Crippen LogP contribution in [-0.4, -0.2) is 23.0 Å². The van der Waals surface area contributed by atoms with Crippen molar-refractivity contribution in [3.8, 4) is 0 Å². The molecule has 0 heterocycles. The van der Waals surface area contributed by atoms with Crippen molar-refractivity contribution in [1.29, 1.82) is 0 Å². The first-order valence-electron chi connectivity index (χ1n) is 6.46. The number of carbonyl (C=O) groups is 2. The number of rotatable bonds is 3. The Balaban J connectivity index is 1.94. The van der Waals surface area contributed by atoms with Gasteiger partial charge in [0.25, 0.3) is 5.91 Å². The van der Waals surface area contributed by atoms with Gasteiger partial charge in [0, 0.05) is 9.61 Å². The van der Waals surface area contributed by atoms with Gasteiger partial charge in [0.1, 0.15) is 5.82 Å². The molecule has 4 nitrogen and oxygen atoms in total.